The van der Waals surface area contributed by atoms with Gasteiger partial charge in [-0.1, -0.05) is 133 Å². The first-order valence-corrected chi connectivity index (χ1v) is 18.1. The third-order valence-corrected chi connectivity index (χ3v) is 11.1. The highest BCUT2D eigenvalue weighted by molar-refractivity contribution is 7.26. The van der Waals surface area contributed by atoms with E-state index in [0.29, 0.717) is 0 Å². The van der Waals surface area contributed by atoms with Crippen LogP contribution in [0.15, 0.2) is 192 Å². The minimum atomic E-state index is 0.865. The van der Waals surface area contributed by atoms with E-state index in [0.717, 1.165) is 44.6 Å². The zero-order valence-corrected chi connectivity index (χ0v) is 28.5. The third-order valence-electron chi connectivity index (χ3n) is 9.86. The number of anilines is 3. The molecule has 0 fully saturated rings. The third kappa shape index (κ3) is 5.10. The van der Waals surface area contributed by atoms with Crippen molar-refractivity contribution >= 4 is 70.5 Å². The maximum absolute atomic E-state index is 6.67. The molecule has 0 amide bonds. The van der Waals surface area contributed by atoms with Crippen molar-refractivity contribution in [1.29, 1.82) is 0 Å². The molecule has 0 N–H and O–H groups in total. The lowest BCUT2D eigenvalue weighted by molar-refractivity contribution is 0.669. The maximum atomic E-state index is 6.67. The molecule has 0 aliphatic rings. The second-order valence-electron chi connectivity index (χ2n) is 12.9. The number of benzene rings is 8. The van der Waals surface area contributed by atoms with Crippen molar-refractivity contribution in [3.63, 3.8) is 0 Å². The van der Waals surface area contributed by atoms with Crippen LogP contribution in [0.1, 0.15) is 0 Å². The van der Waals surface area contributed by atoms with Crippen molar-refractivity contribution < 1.29 is 4.42 Å². The fourth-order valence-electron chi connectivity index (χ4n) is 7.44. The van der Waals surface area contributed by atoms with E-state index in [2.05, 4.69) is 187 Å². The standard InChI is InChI=1S/C48H31NOS/c1-4-13-32(14-5-1)35-19-12-20-37(29-35)49(38-24-26-41-40-25-23-36(33-15-6-2-7-16-33)30-44(40)50-45(41)31-38)43-28-27-39(34-17-8-3-9-18-34)48-47(43)42-21-10-11-22-46(42)51-48/h1-31H. The lowest BCUT2D eigenvalue weighted by Gasteiger charge is -2.27. The van der Waals surface area contributed by atoms with Crippen LogP contribution in [0.25, 0.3) is 75.5 Å². The average Bonchev–Trinajstić information content (AvgIpc) is 3.77. The van der Waals surface area contributed by atoms with Crippen LogP contribution in [0.3, 0.4) is 0 Å². The minimum Gasteiger partial charge on any atom is -0.456 e. The summed E-state index contributed by atoms with van der Waals surface area (Å²) in [6, 6.07) is 67.3. The van der Waals surface area contributed by atoms with Gasteiger partial charge in [0.15, 0.2) is 0 Å². The van der Waals surface area contributed by atoms with Gasteiger partial charge in [-0.05, 0) is 81.9 Å². The highest BCUT2D eigenvalue weighted by atomic mass is 32.1. The van der Waals surface area contributed by atoms with Gasteiger partial charge in [0.25, 0.3) is 0 Å². The molecular weight excluding hydrogens is 639 g/mol. The smallest absolute Gasteiger partial charge is 0.137 e. The lowest BCUT2D eigenvalue weighted by Crippen LogP contribution is -2.10. The molecule has 0 aliphatic carbocycles. The quantitative estimate of drug-likeness (QED) is 0.175. The largest absolute Gasteiger partial charge is 0.456 e. The first kappa shape index (κ1) is 29.5. The fourth-order valence-corrected chi connectivity index (χ4v) is 8.70. The number of hydrogen-bond donors (Lipinski definition) is 0. The van der Waals surface area contributed by atoms with Gasteiger partial charge in [-0.3, -0.25) is 0 Å². The predicted molar refractivity (Wildman–Crippen MR) is 218 cm³/mol. The molecule has 8 aromatic carbocycles. The van der Waals surface area contributed by atoms with Gasteiger partial charge in [-0.2, -0.15) is 0 Å². The number of hydrogen-bond acceptors (Lipinski definition) is 3. The van der Waals surface area contributed by atoms with Crippen LogP contribution in [0.5, 0.6) is 0 Å². The summed E-state index contributed by atoms with van der Waals surface area (Å²) in [7, 11) is 0. The van der Waals surface area contributed by atoms with E-state index in [1.807, 2.05) is 17.4 Å². The topological polar surface area (TPSA) is 16.4 Å². The number of fused-ring (bicyclic) bond motifs is 6. The Labute approximate surface area is 300 Å². The van der Waals surface area contributed by atoms with Crippen molar-refractivity contribution in [1.82, 2.24) is 0 Å². The second kappa shape index (κ2) is 12.2. The van der Waals surface area contributed by atoms with Crippen LogP contribution in [-0.4, -0.2) is 0 Å². The summed E-state index contributed by atoms with van der Waals surface area (Å²) in [6.45, 7) is 0. The predicted octanol–water partition coefficient (Wildman–Crippen LogP) is 14.4. The average molecular weight is 670 g/mol. The molecule has 240 valence electrons. The Hall–Kier alpha value is -6.42. The molecule has 0 radical (unpaired) electrons. The van der Waals surface area contributed by atoms with Gasteiger partial charge in [0.05, 0.1) is 5.69 Å². The Bertz CT molecular complexity index is 2850. The molecule has 0 atom stereocenters. The van der Waals surface area contributed by atoms with Gasteiger partial charge in [0.2, 0.25) is 0 Å². The van der Waals surface area contributed by atoms with Crippen molar-refractivity contribution in [3.05, 3.63) is 188 Å². The number of nitrogens with zero attached hydrogens (tertiary/aromatic N) is 1. The van der Waals surface area contributed by atoms with Crippen molar-refractivity contribution in [2.24, 2.45) is 0 Å². The van der Waals surface area contributed by atoms with Crippen molar-refractivity contribution in [3.8, 4) is 33.4 Å². The molecule has 10 aromatic rings. The monoisotopic (exact) mass is 669 g/mol. The van der Waals surface area contributed by atoms with Gasteiger partial charge in [0.1, 0.15) is 11.2 Å². The molecule has 51 heavy (non-hydrogen) atoms. The molecule has 0 saturated heterocycles. The Morgan fingerprint density at radius 2 is 0.980 bits per heavy atom. The van der Waals surface area contributed by atoms with Gasteiger partial charge in [-0.25, -0.2) is 0 Å². The zero-order chi connectivity index (χ0) is 33.7. The molecule has 0 spiro atoms. The van der Waals surface area contributed by atoms with Crippen LogP contribution in [0.2, 0.25) is 0 Å². The van der Waals surface area contributed by atoms with Crippen molar-refractivity contribution in [2.45, 2.75) is 0 Å². The molecular formula is C48H31NOS. The van der Waals surface area contributed by atoms with Crippen LogP contribution < -0.4 is 4.90 Å². The van der Waals surface area contributed by atoms with Gasteiger partial charge < -0.3 is 9.32 Å². The van der Waals surface area contributed by atoms with E-state index in [-0.39, 0.29) is 0 Å². The molecule has 0 saturated carbocycles. The number of thiophene rings is 1. The zero-order valence-electron chi connectivity index (χ0n) is 27.7. The van der Waals surface area contributed by atoms with Crippen LogP contribution in [0, 0.1) is 0 Å². The van der Waals surface area contributed by atoms with E-state index in [9.17, 15) is 0 Å². The molecule has 2 nitrogen and oxygen atoms in total. The minimum absolute atomic E-state index is 0.865. The summed E-state index contributed by atoms with van der Waals surface area (Å²) >= 11 is 1.86. The van der Waals surface area contributed by atoms with Crippen molar-refractivity contribution in [2.75, 3.05) is 4.90 Å². The number of furan rings is 1. The van der Waals surface area contributed by atoms with Gasteiger partial charge in [-0.15, -0.1) is 11.3 Å². The summed E-state index contributed by atoms with van der Waals surface area (Å²) < 4.78 is 9.22. The van der Waals surface area contributed by atoms with E-state index < -0.39 is 0 Å². The lowest BCUT2D eigenvalue weighted by atomic mass is 9.99. The van der Waals surface area contributed by atoms with E-state index in [4.69, 9.17) is 4.42 Å². The SMILES string of the molecule is c1ccc(-c2cccc(N(c3ccc4c(c3)oc3cc(-c5ccccc5)ccc34)c3ccc(-c4ccccc4)c4sc5ccccc5c34)c2)cc1. The molecule has 2 heterocycles. The summed E-state index contributed by atoms with van der Waals surface area (Å²) in [4.78, 5) is 2.41. The molecule has 10 rings (SSSR count). The molecule has 0 aliphatic heterocycles. The molecule has 2 aromatic heterocycles. The normalized spacial score (nSPS) is 11.5. The Morgan fingerprint density at radius 1 is 0.392 bits per heavy atom. The van der Waals surface area contributed by atoms with Gasteiger partial charge in [0, 0.05) is 48.4 Å². The summed E-state index contributed by atoms with van der Waals surface area (Å²) in [5, 5.41) is 4.73. The first-order valence-electron chi connectivity index (χ1n) is 17.3. The summed E-state index contributed by atoms with van der Waals surface area (Å²) in [5.41, 5.74) is 12.2. The van der Waals surface area contributed by atoms with Crippen LogP contribution in [0.4, 0.5) is 17.1 Å². The molecule has 3 heteroatoms. The summed E-state index contributed by atoms with van der Waals surface area (Å²) in [6.07, 6.45) is 0. The molecule has 0 unspecified atom stereocenters. The first-order chi connectivity index (χ1) is 25.3. The van der Waals surface area contributed by atoms with Crippen LogP contribution >= 0.6 is 11.3 Å². The van der Waals surface area contributed by atoms with Crippen LogP contribution in [-0.2, 0) is 0 Å². The maximum Gasteiger partial charge on any atom is 0.137 e. The molecule has 0 bridgehead atoms. The van der Waals surface area contributed by atoms with E-state index in [1.54, 1.807) is 0 Å². The fraction of sp³-hybridized carbons (Fsp3) is 0. The number of rotatable bonds is 6. The highest BCUT2D eigenvalue weighted by Crippen LogP contribution is 2.49. The van der Waals surface area contributed by atoms with E-state index in [1.165, 1.54) is 48.0 Å². The highest BCUT2D eigenvalue weighted by Gasteiger charge is 2.22. The Balaban J connectivity index is 1.22. The Morgan fingerprint density at radius 3 is 1.73 bits per heavy atom. The second-order valence-corrected chi connectivity index (χ2v) is 14.0. The summed E-state index contributed by atoms with van der Waals surface area (Å²) in [5.74, 6) is 0. The van der Waals surface area contributed by atoms with E-state index >= 15 is 0 Å². The Kier molecular flexibility index (Phi) is 7.04. The van der Waals surface area contributed by atoms with Gasteiger partial charge >= 0.3 is 0 Å².